The molecule has 0 aromatic carbocycles. The lowest BCUT2D eigenvalue weighted by Gasteiger charge is -1.80. The second-order valence-electron chi connectivity index (χ2n) is 1.97. The highest BCUT2D eigenvalue weighted by Crippen LogP contribution is 1.88. The third-order valence-corrected chi connectivity index (χ3v) is 0.612. The van der Waals surface area contributed by atoms with Crippen LogP contribution in [0.15, 0.2) is 11.6 Å². The molecular formula is C7H14O3. The molecule has 0 spiro atoms. The zero-order chi connectivity index (χ0) is 8.57. The Balaban J connectivity index is 0. The first kappa shape index (κ1) is 11.8. The number of hydrogen-bond donors (Lipinski definition) is 2. The van der Waals surface area contributed by atoms with E-state index in [0.29, 0.717) is 0 Å². The Kier molecular flexibility index (Phi) is 9.42. The highest BCUT2D eigenvalue weighted by Gasteiger charge is 1.70. The summed E-state index contributed by atoms with van der Waals surface area (Å²) in [5.41, 5.74) is 1.41. The fourth-order valence-electron chi connectivity index (χ4n) is 0.408. The van der Waals surface area contributed by atoms with Crippen LogP contribution >= 0.6 is 0 Å². The Morgan fingerprint density at radius 1 is 1.40 bits per heavy atom. The first-order valence-corrected chi connectivity index (χ1v) is 3.06. The van der Waals surface area contributed by atoms with Crippen molar-refractivity contribution in [3.63, 3.8) is 0 Å². The van der Waals surface area contributed by atoms with Gasteiger partial charge in [-0.3, -0.25) is 0 Å². The molecular weight excluding hydrogens is 132 g/mol. The third-order valence-electron chi connectivity index (χ3n) is 0.612. The van der Waals surface area contributed by atoms with Gasteiger partial charge in [-0.15, -0.1) is 0 Å². The summed E-state index contributed by atoms with van der Waals surface area (Å²) in [6.45, 7) is 6.38. The van der Waals surface area contributed by atoms with Crippen LogP contribution < -0.4 is 0 Å². The molecule has 0 rings (SSSR count). The molecule has 0 aliphatic rings. The van der Waals surface area contributed by atoms with E-state index >= 15 is 0 Å². The fourth-order valence-corrected chi connectivity index (χ4v) is 0.408. The van der Waals surface area contributed by atoms with Gasteiger partial charge >= 0.3 is 6.16 Å². The third kappa shape index (κ3) is 62.7. The van der Waals surface area contributed by atoms with Gasteiger partial charge in [0.25, 0.3) is 0 Å². The van der Waals surface area contributed by atoms with Crippen molar-refractivity contribution in [3.8, 4) is 0 Å². The molecule has 0 bridgehead atoms. The molecule has 0 aromatic rings. The highest BCUT2D eigenvalue weighted by atomic mass is 16.6. The average molecular weight is 146 g/mol. The summed E-state index contributed by atoms with van der Waals surface area (Å²) in [5.74, 6) is 0. The molecule has 10 heavy (non-hydrogen) atoms. The molecule has 3 heteroatoms. The van der Waals surface area contributed by atoms with Gasteiger partial charge in [-0.05, 0) is 20.3 Å². The molecule has 0 radical (unpaired) electrons. The van der Waals surface area contributed by atoms with Crippen LogP contribution in [0.5, 0.6) is 0 Å². The quantitative estimate of drug-likeness (QED) is 0.559. The van der Waals surface area contributed by atoms with E-state index in [1.165, 1.54) is 12.0 Å². The van der Waals surface area contributed by atoms with E-state index in [-0.39, 0.29) is 0 Å². The summed E-state index contributed by atoms with van der Waals surface area (Å²) in [7, 11) is 0. The van der Waals surface area contributed by atoms with E-state index in [1.54, 1.807) is 0 Å². The normalized spacial score (nSPS) is 7.10. The number of hydrogen-bond acceptors (Lipinski definition) is 1. The summed E-state index contributed by atoms with van der Waals surface area (Å²) >= 11 is 0. The van der Waals surface area contributed by atoms with E-state index in [4.69, 9.17) is 15.0 Å². The monoisotopic (exact) mass is 146 g/mol. The molecule has 0 atom stereocenters. The van der Waals surface area contributed by atoms with Crippen molar-refractivity contribution in [3.05, 3.63) is 11.6 Å². The van der Waals surface area contributed by atoms with Crippen LogP contribution in [0.2, 0.25) is 0 Å². The van der Waals surface area contributed by atoms with E-state index < -0.39 is 6.16 Å². The molecule has 2 N–H and O–H groups in total. The van der Waals surface area contributed by atoms with E-state index in [9.17, 15) is 0 Å². The second-order valence-corrected chi connectivity index (χ2v) is 1.97. The van der Waals surface area contributed by atoms with Gasteiger partial charge in [-0.1, -0.05) is 18.6 Å². The molecule has 0 unspecified atom stereocenters. The minimum absolute atomic E-state index is 1.17. The molecule has 0 fully saturated rings. The number of rotatable bonds is 1. The lowest BCUT2D eigenvalue weighted by atomic mass is 10.3. The van der Waals surface area contributed by atoms with Crippen molar-refractivity contribution >= 4 is 6.16 Å². The first-order valence-electron chi connectivity index (χ1n) is 3.06. The maximum absolute atomic E-state index is 8.56. The number of allylic oxidation sites excluding steroid dienone is 2. The maximum atomic E-state index is 8.56. The lowest BCUT2D eigenvalue weighted by molar-refractivity contribution is 0.137. The van der Waals surface area contributed by atoms with Crippen LogP contribution in [0.25, 0.3) is 0 Å². The SMILES string of the molecule is CCC=C(C)C.O=C(O)O. The van der Waals surface area contributed by atoms with Crippen LogP contribution in [-0.2, 0) is 0 Å². The standard InChI is InChI=1S/C6H12.CH2O3/c1-4-5-6(2)3;2-1(3)4/h5H,4H2,1-3H3;(H2,2,3,4). The molecule has 0 saturated carbocycles. The Bertz CT molecular complexity index is 108. The van der Waals surface area contributed by atoms with Gasteiger partial charge in [0.15, 0.2) is 0 Å². The molecule has 60 valence electrons. The molecule has 0 heterocycles. The molecule has 3 nitrogen and oxygen atoms in total. The van der Waals surface area contributed by atoms with Crippen molar-refractivity contribution < 1.29 is 15.0 Å². The topological polar surface area (TPSA) is 57.5 Å². The van der Waals surface area contributed by atoms with Crippen LogP contribution in [0, 0.1) is 0 Å². The molecule has 0 amide bonds. The van der Waals surface area contributed by atoms with Crippen molar-refractivity contribution in [1.82, 2.24) is 0 Å². The number of carboxylic acid groups (broad SMARTS) is 2. The van der Waals surface area contributed by atoms with Gasteiger partial charge in [0.05, 0.1) is 0 Å². The van der Waals surface area contributed by atoms with E-state index in [2.05, 4.69) is 26.8 Å². The summed E-state index contributed by atoms with van der Waals surface area (Å²) < 4.78 is 0. The Hall–Kier alpha value is -0.990. The average Bonchev–Trinajstić information content (AvgIpc) is 1.62. The van der Waals surface area contributed by atoms with E-state index in [1.807, 2.05) is 0 Å². The van der Waals surface area contributed by atoms with Crippen molar-refractivity contribution in [2.24, 2.45) is 0 Å². The predicted octanol–water partition coefficient (Wildman–Crippen LogP) is 2.58. The Morgan fingerprint density at radius 3 is 1.70 bits per heavy atom. The summed E-state index contributed by atoms with van der Waals surface area (Å²) in [6.07, 6.45) is 1.54. The van der Waals surface area contributed by atoms with Crippen molar-refractivity contribution in [2.75, 3.05) is 0 Å². The van der Waals surface area contributed by atoms with Gasteiger partial charge < -0.3 is 10.2 Å². The molecule has 0 aliphatic heterocycles. The van der Waals surface area contributed by atoms with E-state index in [0.717, 1.165) is 0 Å². The summed E-state index contributed by atoms with van der Waals surface area (Å²) in [5, 5.41) is 13.9. The molecule has 0 saturated heterocycles. The first-order chi connectivity index (χ1) is 4.50. The van der Waals surface area contributed by atoms with Gasteiger partial charge in [0, 0.05) is 0 Å². The molecule has 0 aliphatic carbocycles. The Labute approximate surface area is 61.0 Å². The second kappa shape index (κ2) is 8.01. The largest absolute Gasteiger partial charge is 0.503 e. The zero-order valence-corrected chi connectivity index (χ0v) is 6.59. The minimum atomic E-state index is -1.83. The minimum Gasteiger partial charge on any atom is -0.450 e. The van der Waals surface area contributed by atoms with Crippen LogP contribution in [0.3, 0.4) is 0 Å². The predicted molar refractivity (Wildman–Crippen MR) is 40.4 cm³/mol. The van der Waals surface area contributed by atoms with Crippen LogP contribution in [0.4, 0.5) is 4.79 Å². The van der Waals surface area contributed by atoms with Gasteiger partial charge in [-0.25, -0.2) is 4.79 Å². The molecule has 0 aromatic heterocycles. The zero-order valence-electron chi connectivity index (χ0n) is 6.59. The van der Waals surface area contributed by atoms with Crippen molar-refractivity contribution in [1.29, 1.82) is 0 Å². The maximum Gasteiger partial charge on any atom is 0.503 e. The van der Waals surface area contributed by atoms with Crippen LogP contribution in [0.1, 0.15) is 27.2 Å². The lowest BCUT2D eigenvalue weighted by Crippen LogP contribution is -1.81. The van der Waals surface area contributed by atoms with Crippen LogP contribution in [-0.4, -0.2) is 16.4 Å². The van der Waals surface area contributed by atoms with Gasteiger partial charge in [0.1, 0.15) is 0 Å². The fraction of sp³-hybridized carbons (Fsp3) is 0.571. The smallest absolute Gasteiger partial charge is 0.450 e. The number of carbonyl (C=O) groups is 1. The van der Waals surface area contributed by atoms with Gasteiger partial charge in [-0.2, -0.15) is 0 Å². The van der Waals surface area contributed by atoms with Crippen molar-refractivity contribution in [2.45, 2.75) is 27.2 Å². The summed E-state index contributed by atoms with van der Waals surface area (Å²) in [4.78, 5) is 8.56. The summed E-state index contributed by atoms with van der Waals surface area (Å²) in [6, 6.07) is 0. The Morgan fingerprint density at radius 2 is 1.70 bits per heavy atom. The highest BCUT2D eigenvalue weighted by molar-refractivity contribution is 5.53. The van der Waals surface area contributed by atoms with Gasteiger partial charge in [0.2, 0.25) is 0 Å².